The van der Waals surface area contributed by atoms with E-state index in [1.807, 2.05) is 36.9 Å². The van der Waals surface area contributed by atoms with Crippen LogP contribution in [0, 0.1) is 35.5 Å². The second-order valence-electron chi connectivity index (χ2n) is 27.4. The molecule has 1 N–H and O–H groups in total. The van der Waals surface area contributed by atoms with Crippen LogP contribution >= 0.6 is 24.8 Å². The van der Waals surface area contributed by atoms with Crippen molar-refractivity contribution in [2.24, 2.45) is 35.5 Å². The molecule has 8 heterocycles. The Labute approximate surface area is 556 Å². The molecule has 6 fully saturated rings. The molecule has 3 saturated carbocycles. The number of halogens is 2. The summed E-state index contributed by atoms with van der Waals surface area (Å²) < 4.78 is 36.0. The van der Waals surface area contributed by atoms with E-state index in [2.05, 4.69) is 144 Å². The lowest BCUT2D eigenvalue weighted by atomic mass is 9.91. The zero-order valence-electron chi connectivity index (χ0n) is 55.2. The largest absolute Gasteiger partial charge is 0.493 e. The monoisotopic (exact) mass is 1300 g/mol. The number of fused-ring (bicyclic) bond motifs is 3. The molecule has 0 bridgehead atoms. The van der Waals surface area contributed by atoms with Gasteiger partial charge in [0.15, 0.2) is 16.7 Å². The molecule has 0 radical (unpaired) electrons. The zero-order chi connectivity index (χ0) is 61.8. The van der Waals surface area contributed by atoms with Gasteiger partial charge in [-0.15, -0.1) is 24.8 Å². The van der Waals surface area contributed by atoms with Crippen molar-refractivity contribution >= 4 is 69.6 Å². The van der Waals surface area contributed by atoms with Crippen molar-refractivity contribution in [3.8, 4) is 17.2 Å². The first kappa shape index (κ1) is 68.5. The second kappa shape index (κ2) is 33.2. The summed E-state index contributed by atoms with van der Waals surface area (Å²) in [5.41, 5.74) is 9.29. The van der Waals surface area contributed by atoms with Crippen molar-refractivity contribution in [1.82, 2.24) is 55.4 Å². The molecular weight excluding hydrogens is 1200 g/mol. The summed E-state index contributed by atoms with van der Waals surface area (Å²) in [6.07, 6.45) is 28.6. The predicted molar refractivity (Wildman–Crippen MR) is 368 cm³/mol. The number of hydrogen-bond acceptors (Lipinski definition) is 19. The van der Waals surface area contributed by atoms with Gasteiger partial charge in [-0.1, -0.05) is 15.5 Å². The maximum Gasteiger partial charge on any atom is 0.225 e. The number of aromatic nitrogens is 7. The van der Waals surface area contributed by atoms with Crippen LogP contribution in [0.4, 0.5) is 11.9 Å². The molecule has 14 rings (SSSR count). The van der Waals surface area contributed by atoms with E-state index < -0.39 is 0 Å². The molecule has 0 spiro atoms. The lowest BCUT2D eigenvalue weighted by Gasteiger charge is -2.31. The van der Waals surface area contributed by atoms with E-state index in [4.69, 9.17) is 27.8 Å². The van der Waals surface area contributed by atoms with Crippen LogP contribution in [0.1, 0.15) is 130 Å². The fourth-order valence-electron chi connectivity index (χ4n) is 13.0. The Bertz CT molecular complexity index is 3350. The Morgan fingerprint density at radius 2 is 0.717 bits per heavy atom. The number of rotatable bonds is 26. The highest BCUT2D eigenvalue weighted by Crippen LogP contribution is 2.39. The number of nitrogens with one attached hydrogen (secondary N) is 1. The first-order valence-corrected chi connectivity index (χ1v) is 33.8. The third kappa shape index (κ3) is 18.7. The Hall–Kier alpha value is -6.35. The molecule has 3 aliphatic heterocycles. The molecule has 3 aromatic carbocycles. The highest BCUT2D eigenvalue weighted by molar-refractivity contribution is 5.87. The number of nitrogens with zero attached hydrogens (tertiary/aromatic N) is 12. The summed E-state index contributed by atoms with van der Waals surface area (Å²) in [7, 11) is 12.5. The van der Waals surface area contributed by atoms with Gasteiger partial charge in [-0.05, 0) is 255 Å². The third-order valence-corrected chi connectivity index (χ3v) is 19.0. The smallest absolute Gasteiger partial charge is 0.225 e. The van der Waals surface area contributed by atoms with Crippen molar-refractivity contribution in [3.63, 3.8) is 0 Å². The van der Waals surface area contributed by atoms with Gasteiger partial charge in [0.05, 0.1) is 53.6 Å². The van der Waals surface area contributed by atoms with E-state index >= 15 is 0 Å². The van der Waals surface area contributed by atoms with Crippen molar-refractivity contribution in [2.75, 3.05) is 111 Å². The van der Waals surface area contributed by atoms with E-state index in [-0.39, 0.29) is 24.8 Å². The first-order valence-electron chi connectivity index (χ1n) is 33.8. The molecule has 92 heavy (non-hydrogen) atoms. The molecule has 8 aromatic rings. The minimum absolute atomic E-state index is 0. The third-order valence-electron chi connectivity index (χ3n) is 19.0. The van der Waals surface area contributed by atoms with E-state index in [0.29, 0.717) is 11.8 Å². The van der Waals surface area contributed by atoms with Crippen LogP contribution in [-0.4, -0.2) is 151 Å². The SMILES string of the molecule is CN(C)Cc1c(OCC2CC2)ccc2c(CCC3CCN(c4ncccn4)CC3)noc12.CN(C)Cc1c(OCC2CC2)ccc2c(CCC3CCN(c4ncccn4)CC3)noc12.CN(C)Cc1c(OCC2CC2)ccc2c(CCC3CCNCC3)noc12.Cl.Cl. The van der Waals surface area contributed by atoms with Crippen molar-refractivity contribution in [2.45, 2.75) is 135 Å². The molecule has 0 amide bonds. The Morgan fingerprint density at radius 3 is 1.01 bits per heavy atom. The number of benzene rings is 3. The summed E-state index contributed by atoms with van der Waals surface area (Å²) in [5, 5.41) is 20.3. The van der Waals surface area contributed by atoms with E-state index in [0.717, 1.165) is 230 Å². The van der Waals surface area contributed by atoms with Gasteiger partial charge in [-0.2, -0.15) is 0 Å². The maximum absolute atomic E-state index is 6.15. The maximum atomic E-state index is 6.15. The number of hydrogen-bond donors (Lipinski definition) is 1. The lowest BCUT2D eigenvalue weighted by molar-refractivity contribution is 0.289. The van der Waals surface area contributed by atoms with Crippen LogP contribution in [-0.2, 0) is 38.9 Å². The fraction of sp³-hybridized carbons (Fsp3) is 0.592. The molecule has 5 aromatic heterocycles. The van der Waals surface area contributed by atoms with E-state index in [1.54, 1.807) is 0 Å². The predicted octanol–water partition coefficient (Wildman–Crippen LogP) is 13.1. The standard InChI is InChI=1S/2C25H33N5O2.C21H31N3O2.2ClH/c2*1-29(2)16-21-23(31-17-19-4-5-19)9-7-20-22(28-32-24(20)21)8-6-18-10-14-30(15-11-18)25-26-12-3-13-27-25;1-24(2)13-18-20(25-14-16-3-4-16)8-6-17-19(23-26-21(17)18)7-5-15-9-11-22-12-10-15;;/h2*3,7,9,12-13,18-19H,4-6,8,10-11,14-17H2,1-2H3;6,8,15-16,22H,3-5,7,9-14H2,1-2H3;2*1H. The summed E-state index contributed by atoms with van der Waals surface area (Å²) >= 11 is 0. The van der Waals surface area contributed by atoms with Crippen molar-refractivity contribution in [3.05, 3.63) is 107 Å². The van der Waals surface area contributed by atoms with Gasteiger partial charge in [0.1, 0.15) is 17.2 Å². The molecule has 0 atom stereocenters. The van der Waals surface area contributed by atoms with Crippen LogP contribution in [0.2, 0.25) is 0 Å². The number of aryl methyl sites for hydroxylation is 3. The van der Waals surface area contributed by atoms with Crippen LogP contribution in [0.3, 0.4) is 0 Å². The molecule has 0 unspecified atom stereocenters. The highest BCUT2D eigenvalue weighted by Gasteiger charge is 2.29. The summed E-state index contributed by atoms with van der Waals surface area (Å²) in [6, 6.07) is 16.5. The molecule has 3 aliphatic carbocycles. The average Bonchev–Trinajstić information content (AvgIpc) is 1.67. The van der Waals surface area contributed by atoms with Gasteiger partial charge in [-0.3, -0.25) is 0 Å². The number of ether oxygens (including phenoxy) is 3. The van der Waals surface area contributed by atoms with Gasteiger partial charge in [0.2, 0.25) is 11.9 Å². The quantitative estimate of drug-likeness (QED) is 0.0539. The van der Waals surface area contributed by atoms with Crippen molar-refractivity contribution in [1.29, 1.82) is 0 Å². The average molecular weight is 1300 g/mol. The fourth-order valence-corrected chi connectivity index (χ4v) is 13.0. The molecule has 21 heteroatoms. The van der Waals surface area contributed by atoms with E-state index in [9.17, 15) is 0 Å². The van der Waals surface area contributed by atoms with Gasteiger partial charge < -0.3 is 57.6 Å². The second-order valence-corrected chi connectivity index (χ2v) is 27.4. The number of anilines is 2. The highest BCUT2D eigenvalue weighted by atomic mass is 35.5. The Kier molecular flexibility index (Phi) is 24.7. The van der Waals surface area contributed by atoms with Crippen LogP contribution in [0.15, 0.2) is 86.9 Å². The number of piperidine rings is 3. The van der Waals surface area contributed by atoms with Gasteiger partial charge in [0, 0.05) is 86.8 Å². The molecule has 498 valence electrons. The van der Waals surface area contributed by atoms with Crippen LogP contribution < -0.4 is 29.3 Å². The van der Waals surface area contributed by atoms with Crippen molar-refractivity contribution < 1.29 is 27.8 Å². The van der Waals surface area contributed by atoms with E-state index in [1.165, 1.54) is 83.5 Å². The normalized spacial score (nSPS) is 17.4. The molecule has 6 aliphatic rings. The Balaban J connectivity index is 0.000000151. The van der Waals surface area contributed by atoms with Gasteiger partial charge in [0.25, 0.3) is 0 Å². The molecule has 3 saturated heterocycles. The van der Waals surface area contributed by atoms with Crippen LogP contribution in [0.25, 0.3) is 32.9 Å². The topological polar surface area (TPSA) is 186 Å². The Morgan fingerprint density at radius 1 is 0.413 bits per heavy atom. The minimum atomic E-state index is 0. The van der Waals surface area contributed by atoms with Crippen LogP contribution in [0.5, 0.6) is 17.2 Å². The van der Waals surface area contributed by atoms with Gasteiger partial charge in [-0.25, -0.2) is 19.9 Å². The summed E-state index contributed by atoms with van der Waals surface area (Å²) in [6.45, 7) is 11.2. The summed E-state index contributed by atoms with van der Waals surface area (Å²) in [4.78, 5) is 28.6. The molecular formula is C71H99Cl2N13O6. The minimum Gasteiger partial charge on any atom is -0.493 e. The van der Waals surface area contributed by atoms with Gasteiger partial charge >= 0.3 is 0 Å². The first-order chi connectivity index (χ1) is 44.0. The molecule has 19 nitrogen and oxygen atoms in total. The summed E-state index contributed by atoms with van der Waals surface area (Å²) in [5.74, 6) is 8.94. The zero-order valence-corrected chi connectivity index (χ0v) is 56.9. The lowest BCUT2D eigenvalue weighted by Crippen LogP contribution is -2.34.